The summed E-state index contributed by atoms with van der Waals surface area (Å²) >= 11 is 5.71. The molecule has 0 radical (unpaired) electrons. The maximum Gasteiger partial charge on any atom is 0.326 e. The minimum atomic E-state index is -3.86. The van der Waals surface area contributed by atoms with E-state index < -0.39 is 22.0 Å². The molecule has 1 fully saturated rings. The molecule has 1 aliphatic heterocycles. The monoisotopic (exact) mass is 320 g/mol. The summed E-state index contributed by atoms with van der Waals surface area (Å²) in [5.41, 5.74) is 0. The number of rotatable bonds is 3. The standard InChI is InChI=1S/C11H13ClN2O5S/c1-18-11(15)9-7-19-5-4-14(9)20(16,17)8-2-3-13-10(12)6-8/h2-3,6,9H,4-5,7H2,1H3. The SMILES string of the molecule is COC(=O)C1COCCN1S(=O)(=O)c1ccnc(Cl)c1. The number of carbonyl (C=O) groups excluding carboxylic acids is 1. The van der Waals surface area contributed by atoms with Crippen LogP contribution in [0.1, 0.15) is 0 Å². The van der Waals surface area contributed by atoms with Gasteiger partial charge < -0.3 is 9.47 Å². The lowest BCUT2D eigenvalue weighted by Gasteiger charge is -2.32. The summed E-state index contributed by atoms with van der Waals surface area (Å²) in [5, 5.41) is 0.0638. The van der Waals surface area contributed by atoms with Crippen molar-refractivity contribution in [2.24, 2.45) is 0 Å². The van der Waals surface area contributed by atoms with Crippen molar-refractivity contribution < 1.29 is 22.7 Å². The molecule has 0 saturated carbocycles. The quantitative estimate of drug-likeness (QED) is 0.588. The van der Waals surface area contributed by atoms with E-state index in [0.717, 1.165) is 4.31 Å². The van der Waals surface area contributed by atoms with Crippen LogP contribution in [0.15, 0.2) is 23.2 Å². The first-order chi connectivity index (χ1) is 9.46. The van der Waals surface area contributed by atoms with Crippen LogP contribution in [0.25, 0.3) is 0 Å². The lowest BCUT2D eigenvalue weighted by molar-refractivity contribution is -0.149. The number of hydrogen-bond acceptors (Lipinski definition) is 6. The van der Waals surface area contributed by atoms with E-state index in [1.807, 2.05) is 0 Å². The number of ether oxygens (including phenoxy) is 2. The Morgan fingerprint density at radius 2 is 2.35 bits per heavy atom. The van der Waals surface area contributed by atoms with Gasteiger partial charge in [-0.2, -0.15) is 4.31 Å². The second-order valence-electron chi connectivity index (χ2n) is 4.04. The van der Waals surface area contributed by atoms with Gasteiger partial charge >= 0.3 is 5.97 Å². The van der Waals surface area contributed by atoms with Gasteiger partial charge in [-0.25, -0.2) is 13.4 Å². The largest absolute Gasteiger partial charge is 0.468 e. The topological polar surface area (TPSA) is 85.8 Å². The van der Waals surface area contributed by atoms with Gasteiger partial charge in [-0.15, -0.1) is 0 Å². The maximum atomic E-state index is 12.5. The minimum absolute atomic E-state index is 0.0201. The summed E-state index contributed by atoms with van der Waals surface area (Å²) in [6.07, 6.45) is 1.29. The molecule has 0 aliphatic carbocycles. The second kappa shape index (κ2) is 6.04. The van der Waals surface area contributed by atoms with E-state index in [9.17, 15) is 13.2 Å². The number of esters is 1. The fourth-order valence-corrected chi connectivity index (χ4v) is 3.68. The fourth-order valence-electron chi connectivity index (χ4n) is 1.88. The van der Waals surface area contributed by atoms with E-state index in [-0.39, 0.29) is 29.8 Å². The van der Waals surface area contributed by atoms with Crippen molar-refractivity contribution in [3.05, 3.63) is 23.5 Å². The van der Waals surface area contributed by atoms with Crippen LogP contribution in [0.4, 0.5) is 0 Å². The Morgan fingerprint density at radius 1 is 1.60 bits per heavy atom. The number of nitrogens with zero attached hydrogens (tertiary/aromatic N) is 2. The molecular weight excluding hydrogens is 308 g/mol. The number of aromatic nitrogens is 1. The zero-order valence-electron chi connectivity index (χ0n) is 10.7. The fraction of sp³-hybridized carbons (Fsp3) is 0.455. The van der Waals surface area contributed by atoms with Gasteiger partial charge in [-0.1, -0.05) is 11.6 Å². The Hall–Kier alpha value is -1.22. The third-order valence-corrected chi connectivity index (χ3v) is 4.97. The molecule has 20 heavy (non-hydrogen) atoms. The first kappa shape index (κ1) is 15.2. The highest BCUT2D eigenvalue weighted by Crippen LogP contribution is 2.22. The van der Waals surface area contributed by atoms with Crippen molar-refractivity contribution >= 4 is 27.6 Å². The van der Waals surface area contributed by atoms with Gasteiger partial charge in [-0.05, 0) is 12.1 Å². The molecule has 1 aromatic rings. The smallest absolute Gasteiger partial charge is 0.326 e. The minimum Gasteiger partial charge on any atom is -0.468 e. The molecule has 1 aliphatic rings. The maximum absolute atomic E-state index is 12.5. The molecule has 2 rings (SSSR count). The molecule has 0 amide bonds. The van der Waals surface area contributed by atoms with E-state index in [0.29, 0.717) is 0 Å². The number of carbonyl (C=O) groups is 1. The lowest BCUT2D eigenvalue weighted by Crippen LogP contribution is -2.52. The van der Waals surface area contributed by atoms with Crippen LogP contribution in [0, 0.1) is 0 Å². The number of morpholine rings is 1. The van der Waals surface area contributed by atoms with Crippen molar-refractivity contribution in [3.8, 4) is 0 Å². The zero-order chi connectivity index (χ0) is 14.8. The molecular formula is C11H13ClN2O5S. The third-order valence-electron chi connectivity index (χ3n) is 2.86. The van der Waals surface area contributed by atoms with Crippen molar-refractivity contribution in [1.29, 1.82) is 0 Å². The van der Waals surface area contributed by atoms with Crippen LogP contribution in [-0.2, 0) is 24.3 Å². The van der Waals surface area contributed by atoms with Crippen molar-refractivity contribution in [2.75, 3.05) is 26.9 Å². The van der Waals surface area contributed by atoms with E-state index in [2.05, 4.69) is 9.72 Å². The Labute approximate surface area is 121 Å². The normalized spacial score (nSPS) is 20.6. The predicted molar refractivity (Wildman–Crippen MR) is 69.8 cm³/mol. The summed E-state index contributed by atoms with van der Waals surface area (Å²) in [7, 11) is -2.66. The Bertz CT molecular complexity index is 607. The highest BCUT2D eigenvalue weighted by atomic mass is 35.5. The molecule has 0 N–H and O–H groups in total. The van der Waals surface area contributed by atoms with Gasteiger partial charge in [0, 0.05) is 12.7 Å². The van der Waals surface area contributed by atoms with Crippen LogP contribution < -0.4 is 0 Å². The number of pyridine rings is 1. The first-order valence-corrected chi connectivity index (χ1v) is 7.57. The van der Waals surface area contributed by atoms with Crippen molar-refractivity contribution in [1.82, 2.24) is 9.29 Å². The molecule has 1 atom stereocenters. The molecule has 1 aromatic heterocycles. The van der Waals surface area contributed by atoms with Crippen LogP contribution in [-0.4, -0.2) is 56.6 Å². The Balaban J connectivity index is 2.38. The van der Waals surface area contributed by atoms with E-state index in [1.165, 1.54) is 25.4 Å². The van der Waals surface area contributed by atoms with Gasteiger partial charge in [-0.3, -0.25) is 4.79 Å². The molecule has 1 unspecified atom stereocenters. The molecule has 1 saturated heterocycles. The molecule has 110 valence electrons. The summed E-state index contributed by atoms with van der Waals surface area (Å²) < 4.78 is 35.9. The summed E-state index contributed by atoms with van der Waals surface area (Å²) in [6.45, 7) is 0.248. The van der Waals surface area contributed by atoms with Gasteiger partial charge in [0.15, 0.2) is 0 Å². The Kier molecular flexibility index (Phi) is 4.59. The van der Waals surface area contributed by atoms with E-state index in [1.54, 1.807) is 0 Å². The second-order valence-corrected chi connectivity index (χ2v) is 6.32. The van der Waals surface area contributed by atoms with Gasteiger partial charge in [0.25, 0.3) is 0 Å². The number of hydrogen-bond donors (Lipinski definition) is 0. The highest BCUT2D eigenvalue weighted by Gasteiger charge is 2.39. The Morgan fingerprint density at radius 3 is 3.00 bits per heavy atom. The summed E-state index contributed by atoms with van der Waals surface area (Å²) in [6, 6.07) is 1.57. The molecule has 0 spiro atoms. The number of sulfonamides is 1. The lowest BCUT2D eigenvalue weighted by atomic mass is 10.3. The van der Waals surface area contributed by atoms with Crippen LogP contribution in [0.2, 0.25) is 5.15 Å². The first-order valence-electron chi connectivity index (χ1n) is 5.76. The van der Waals surface area contributed by atoms with Crippen LogP contribution in [0.3, 0.4) is 0 Å². The van der Waals surface area contributed by atoms with Crippen molar-refractivity contribution in [2.45, 2.75) is 10.9 Å². The van der Waals surface area contributed by atoms with E-state index in [4.69, 9.17) is 16.3 Å². The highest BCUT2D eigenvalue weighted by molar-refractivity contribution is 7.89. The summed E-state index contributed by atoms with van der Waals surface area (Å²) in [4.78, 5) is 15.4. The number of halogens is 1. The number of methoxy groups -OCH3 is 1. The van der Waals surface area contributed by atoms with Gasteiger partial charge in [0.05, 0.1) is 25.2 Å². The molecule has 9 heteroatoms. The molecule has 2 heterocycles. The van der Waals surface area contributed by atoms with Crippen LogP contribution in [0.5, 0.6) is 0 Å². The van der Waals surface area contributed by atoms with E-state index >= 15 is 0 Å². The van der Waals surface area contributed by atoms with Crippen molar-refractivity contribution in [3.63, 3.8) is 0 Å². The van der Waals surface area contributed by atoms with Gasteiger partial charge in [0.1, 0.15) is 11.2 Å². The predicted octanol–water partition coefficient (Wildman–Crippen LogP) is 0.298. The third kappa shape index (κ3) is 2.93. The van der Waals surface area contributed by atoms with Gasteiger partial charge in [0.2, 0.25) is 10.0 Å². The molecule has 0 bridgehead atoms. The van der Waals surface area contributed by atoms with Crippen LogP contribution >= 0.6 is 11.6 Å². The molecule has 7 nitrogen and oxygen atoms in total. The molecule has 0 aromatic carbocycles. The summed E-state index contributed by atoms with van der Waals surface area (Å²) in [5.74, 6) is -0.659. The average molecular weight is 321 g/mol. The average Bonchev–Trinajstić information content (AvgIpc) is 2.46. The zero-order valence-corrected chi connectivity index (χ0v) is 12.2.